The number of hydrogen-bond acceptors (Lipinski definition) is 15. The fourth-order valence-electron chi connectivity index (χ4n) is 11.4. The summed E-state index contributed by atoms with van der Waals surface area (Å²) < 4.78 is 68.6. The first-order valence-corrected chi connectivity index (χ1v) is 43.2. The van der Waals surface area contributed by atoms with Gasteiger partial charge in [-0.15, -0.1) is 0 Å². The maximum Gasteiger partial charge on any atom is 0.472 e. The van der Waals surface area contributed by atoms with Crippen molar-refractivity contribution in [2.24, 2.45) is 0 Å². The Morgan fingerprint density at radius 3 is 0.806 bits per heavy atom. The molecular formula is C79H148O17P2. The second-order valence-corrected chi connectivity index (χ2v) is 30.3. The highest BCUT2D eigenvalue weighted by Gasteiger charge is 2.30. The zero-order valence-electron chi connectivity index (χ0n) is 63.0. The Labute approximate surface area is 598 Å². The molecule has 19 heteroatoms. The van der Waals surface area contributed by atoms with Gasteiger partial charge in [-0.3, -0.25) is 37.3 Å². The zero-order chi connectivity index (χ0) is 71.8. The number of allylic oxidation sites excluding steroid dienone is 6. The van der Waals surface area contributed by atoms with Crippen LogP contribution >= 0.6 is 15.6 Å². The van der Waals surface area contributed by atoms with Gasteiger partial charge in [0.25, 0.3) is 0 Å². The Balaban J connectivity index is 5.30. The van der Waals surface area contributed by atoms with Gasteiger partial charge < -0.3 is 33.8 Å². The molecule has 0 aromatic rings. The number of phosphoric ester groups is 2. The fraction of sp³-hybridized carbons (Fsp3) is 0.873. The lowest BCUT2D eigenvalue weighted by molar-refractivity contribution is -0.161. The van der Waals surface area contributed by atoms with E-state index in [1.807, 2.05) is 0 Å². The standard InChI is InChI=1S/C79H148O17P2/c1-5-9-13-17-21-25-29-33-36-40-43-47-51-55-59-63-76(81)89-69-74(95-78(83)65-61-57-53-49-45-39-32-28-24-20-16-12-8-4)71-93-97(85,86)91-67-73(80)68-92-98(87,88)94-72-75(96-79(84)66-62-58-54-50-46-42-38-35-31-27-23-19-15-11-7-3)70-90-77(82)64-60-56-52-48-44-41-37-34-30-26-22-18-14-10-6-2/h16,20,28,32,34,37,73-75,80H,5-15,17-19,21-27,29-31,33,35-36,38-72H2,1-4H3,(H,85,86)(H,87,88)/b20-16-,32-28-,37-34-. The van der Waals surface area contributed by atoms with Crippen molar-refractivity contribution in [3.05, 3.63) is 36.5 Å². The van der Waals surface area contributed by atoms with Crippen LogP contribution < -0.4 is 0 Å². The van der Waals surface area contributed by atoms with E-state index in [9.17, 15) is 43.2 Å². The zero-order valence-corrected chi connectivity index (χ0v) is 64.8. The summed E-state index contributed by atoms with van der Waals surface area (Å²) in [5, 5.41) is 10.6. The molecule has 0 aromatic heterocycles. The second-order valence-electron chi connectivity index (χ2n) is 27.4. The fourth-order valence-corrected chi connectivity index (χ4v) is 13.0. The quantitative estimate of drug-likeness (QED) is 0.0169. The molecule has 0 fully saturated rings. The third-order valence-corrected chi connectivity index (χ3v) is 19.5. The van der Waals surface area contributed by atoms with Gasteiger partial charge in [0.2, 0.25) is 0 Å². The smallest absolute Gasteiger partial charge is 0.462 e. The number of aliphatic hydroxyl groups excluding tert-OH is 1. The molecule has 0 amide bonds. The molecule has 0 heterocycles. The molecular weight excluding hydrogens is 1280 g/mol. The van der Waals surface area contributed by atoms with E-state index in [1.54, 1.807) is 0 Å². The molecule has 3 N–H and O–H groups in total. The van der Waals surface area contributed by atoms with Gasteiger partial charge >= 0.3 is 39.5 Å². The van der Waals surface area contributed by atoms with Gasteiger partial charge in [0, 0.05) is 25.7 Å². The molecule has 17 nitrogen and oxygen atoms in total. The molecule has 0 spiro atoms. The third-order valence-electron chi connectivity index (χ3n) is 17.6. The van der Waals surface area contributed by atoms with Crippen LogP contribution in [-0.4, -0.2) is 96.7 Å². The maximum absolute atomic E-state index is 13.1. The van der Waals surface area contributed by atoms with Gasteiger partial charge in [-0.2, -0.15) is 0 Å². The number of rotatable bonds is 77. The lowest BCUT2D eigenvalue weighted by atomic mass is 10.0. The SMILES string of the molecule is CCC/C=C\C/C=C\CCCCCCCC(=O)OC(COC(=O)CCCCCCCCCCCCCCCCC)COP(=O)(O)OCC(O)COP(=O)(O)OCC(COC(=O)CCCCCCC/C=C\CCCCCCCC)OC(=O)CCCCCCCCCCCCCCCCC. The topological polar surface area (TPSA) is 237 Å². The van der Waals surface area contributed by atoms with Crippen molar-refractivity contribution in [3.8, 4) is 0 Å². The summed E-state index contributed by atoms with van der Waals surface area (Å²) in [5.74, 6) is -2.15. The normalized spacial score (nSPS) is 14.1. The van der Waals surface area contributed by atoms with Crippen LogP contribution in [-0.2, 0) is 65.4 Å². The van der Waals surface area contributed by atoms with E-state index in [-0.39, 0.29) is 25.7 Å². The van der Waals surface area contributed by atoms with Crippen molar-refractivity contribution in [3.63, 3.8) is 0 Å². The van der Waals surface area contributed by atoms with E-state index in [1.165, 1.54) is 173 Å². The Morgan fingerprint density at radius 1 is 0.286 bits per heavy atom. The van der Waals surface area contributed by atoms with Crippen molar-refractivity contribution < 1.29 is 80.2 Å². The molecule has 0 bridgehead atoms. The van der Waals surface area contributed by atoms with Crippen LogP contribution in [0, 0.1) is 0 Å². The number of aliphatic hydroxyl groups is 1. The van der Waals surface area contributed by atoms with Crippen LogP contribution in [0.15, 0.2) is 36.5 Å². The van der Waals surface area contributed by atoms with Crippen LogP contribution in [0.2, 0.25) is 0 Å². The summed E-state index contributed by atoms with van der Waals surface area (Å²) in [5.41, 5.74) is 0. The van der Waals surface area contributed by atoms with Crippen LogP contribution in [0.4, 0.5) is 0 Å². The summed E-state index contributed by atoms with van der Waals surface area (Å²) in [4.78, 5) is 72.9. The van der Waals surface area contributed by atoms with Gasteiger partial charge in [-0.25, -0.2) is 9.13 Å². The summed E-state index contributed by atoms with van der Waals surface area (Å²) in [6, 6.07) is 0. The molecule has 0 aromatic carbocycles. The van der Waals surface area contributed by atoms with Gasteiger partial charge in [0.05, 0.1) is 26.4 Å². The van der Waals surface area contributed by atoms with E-state index in [4.69, 9.17) is 37.0 Å². The lowest BCUT2D eigenvalue weighted by Crippen LogP contribution is -2.30. The molecule has 5 unspecified atom stereocenters. The average Bonchev–Trinajstić information content (AvgIpc) is 1.07. The minimum Gasteiger partial charge on any atom is -0.462 e. The molecule has 0 aliphatic heterocycles. The average molecular weight is 1430 g/mol. The van der Waals surface area contributed by atoms with Crippen LogP contribution in [0.3, 0.4) is 0 Å². The van der Waals surface area contributed by atoms with Crippen molar-refractivity contribution >= 4 is 39.5 Å². The first kappa shape index (κ1) is 95.3. The Bertz CT molecular complexity index is 2000. The van der Waals surface area contributed by atoms with Crippen molar-refractivity contribution in [2.45, 2.75) is 406 Å². The number of phosphoric acid groups is 2. The minimum atomic E-state index is -4.97. The molecule has 0 radical (unpaired) electrons. The number of unbranched alkanes of at least 4 members (excludes halogenated alkanes) is 45. The van der Waals surface area contributed by atoms with Crippen molar-refractivity contribution in [1.29, 1.82) is 0 Å². The number of ether oxygens (including phenoxy) is 4. The predicted octanol–water partition coefficient (Wildman–Crippen LogP) is 23.1. The molecule has 98 heavy (non-hydrogen) atoms. The Hall–Kier alpha value is -2.72. The molecule has 0 aliphatic rings. The lowest BCUT2D eigenvalue weighted by Gasteiger charge is -2.21. The van der Waals surface area contributed by atoms with E-state index in [2.05, 4.69) is 64.2 Å². The molecule has 0 saturated heterocycles. The second kappa shape index (κ2) is 72.6. The summed E-state index contributed by atoms with van der Waals surface area (Å²) >= 11 is 0. The number of esters is 4. The van der Waals surface area contributed by atoms with Gasteiger partial charge in [-0.05, 0) is 77.0 Å². The molecule has 576 valence electrons. The molecule has 0 aliphatic carbocycles. The van der Waals surface area contributed by atoms with E-state index < -0.39 is 97.5 Å². The largest absolute Gasteiger partial charge is 0.472 e. The summed E-state index contributed by atoms with van der Waals surface area (Å²) in [7, 11) is -9.93. The minimum absolute atomic E-state index is 0.0859. The summed E-state index contributed by atoms with van der Waals surface area (Å²) in [6.45, 7) is 4.88. The van der Waals surface area contributed by atoms with Crippen LogP contribution in [0.1, 0.15) is 387 Å². The number of carbonyl (C=O) groups is 4. The van der Waals surface area contributed by atoms with Crippen molar-refractivity contribution in [1.82, 2.24) is 0 Å². The molecule has 0 rings (SSSR count). The van der Waals surface area contributed by atoms with Crippen LogP contribution in [0.5, 0.6) is 0 Å². The maximum atomic E-state index is 13.1. The number of carbonyl (C=O) groups excluding carboxylic acids is 4. The predicted molar refractivity (Wildman–Crippen MR) is 400 cm³/mol. The van der Waals surface area contributed by atoms with E-state index >= 15 is 0 Å². The van der Waals surface area contributed by atoms with Crippen LogP contribution in [0.25, 0.3) is 0 Å². The summed E-state index contributed by atoms with van der Waals surface area (Å²) in [6.07, 6.45) is 68.3. The Kier molecular flexibility index (Phi) is 70.6. The van der Waals surface area contributed by atoms with Gasteiger partial charge in [0.1, 0.15) is 19.3 Å². The van der Waals surface area contributed by atoms with E-state index in [0.29, 0.717) is 25.7 Å². The highest BCUT2D eigenvalue weighted by molar-refractivity contribution is 7.47. The van der Waals surface area contributed by atoms with Gasteiger partial charge in [-0.1, -0.05) is 321 Å². The first-order chi connectivity index (χ1) is 47.7. The highest BCUT2D eigenvalue weighted by atomic mass is 31.2. The Morgan fingerprint density at radius 2 is 0.520 bits per heavy atom. The van der Waals surface area contributed by atoms with Crippen molar-refractivity contribution in [2.75, 3.05) is 39.6 Å². The monoisotopic (exact) mass is 1430 g/mol. The first-order valence-electron chi connectivity index (χ1n) is 40.2. The molecule has 0 saturated carbocycles. The molecule has 5 atom stereocenters. The number of hydrogen-bond donors (Lipinski definition) is 3. The van der Waals surface area contributed by atoms with E-state index in [0.717, 1.165) is 135 Å². The van der Waals surface area contributed by atoms with Gasteiger partial charge in [0.15, 0.2) is 12.2 Å². The third kappa shape index (κ3) is 71.7. The highest BCUT2D eigenvalue weighted by Crippen LogP contribution is 2.45.